The van der Waals surface area contributed by atoms with Crippen LogP contribution >= 0.6 is 23.2 Å². The maximum atomic E-state index is 13.7. The standard InChI is InChI=1S/C11H6Cl2FNO2.C6H7N/c1-5-8(11(13)16)10(15-17-5)9-6(12)3-2-4-7(9)14;7-6-4-2-1-3-5-6/h2-4H,1H3;1-5H,7H2. The van der Waals surface area contributed by atoms with Crippen LogP contribution < -0.4 is 5.73 Å². The zero-order chi connectivity index (χ0) is 17.7. The molecule has 0 aliphatic carbocycles. The number of hydrogen-bond acceptors (Lipinski definition) is 4. The molecule has 4 nitrogen and oxygen atoms in total. The fourth-order valence-electron chi connectivity index (χ4n) is 1.95. The minimum atomic E-state index is -0.766. The van der Waals surface area contributed by atoms with Crippen LogP contribution in [0.4, 0.5) is 10.1 Å². The van der Waals surface area contributed by atoms with Gasteiger partial charge in [0.15, 0.2) is 0 Å². The van der Waals surface area contributed by atoms with Crippen molar-refractivity contribution < 1.29 is 13.7 Å². The molecule has 3 aromatic rings. The van der Waals surface area contributed by atoms with Crippen LogP contribution in [-0.2, 0) is 0 Å². The van der Waals surface area contributed by atoms with Crippen molar-refractivity contribution in [2.45, 2.75) is 6.92 Å². The summed E-state index contributed by atoms with van der Waals surface area (Å²) in [6, 6.07) is 13.7. The molecule has 124 valence electrons. The molecule has 0 bridgehead atoms. The van der Waals surface area contributed by atoms with Crippen molar-refractivity contribution >= 4 is 34.1 Å². The molecule has 0 atom stereocenters. The van der Waals surface area contributed by atoms with Crippen LogP contribution in [-0.4, -0.2) is 10.4 Å². The highest BCUT2D eigenvalue weighted by molar-refractivity contribution is 6.68. The van der Waals surface area contributed by atoms with Gasteiger partial charge in [0, 0.05) is 5.69 Å². The molecule has 2 N–H and O–H groups in total. The quantitative estimate of drug-likeness (QED) is 0.506. The van der Waals surface area contributed by atoms with Gasteiger partial charge in [0.05, 0.1) is 10.6 Å². The molecule has 1 heterocycles. The highest BCUT2D eigenvalue weighted by Crippen LogP contribution is 2.33. The molecule has 0 fully saturated rings. The molecule has 2 aromatic carbocycles. The van der Waals surface area contributed by atoms with E-state index in [4.69, 9.17) is 33.5 Å². The zero-order valence-electron chi connectivity index (χ0n) is 12.6. The molecule has 0 saturated heterocycles. The predicted octanol–water partition coefficient (Wildman–Crippen LogP) is 5.09. The minimum absolute atomic E-state index is 0.00927. The summed E-state index contributed by atoms with van der Waals surface area (Å²) in [5.74, 6) is -0.371. The van der Waals surface area contributed by atoms with E-state index in [1.165, 1.54) is 25.1 Å². The number of carbonyl (C=O) groups excluding carboxylic acids is 1. The number of aryl methyl sites for hydroxylation is 1. The van der Waals surface area contributed by atoms with E-state index in [2.05, 4.69) is 5.16 Å². The van der Waals surface area contributed by atoms with Gasteiger partial charge in [0.2, 0.25) is 0 Å². The van der Waals surface area contributed by atoms with Gasteiger partial charge in [0.1, 0.15) is 22.8 Å². The van der Waals surface area contributed by atoms with Crippen molar-refractivity contribution in [3.8, 4) is 11.3 Å². The maximum Gasteiger partial charge on any atom is 0.258 e. The van der Waals surface area contributed by atoms with Crippen LogP contribution in [0.2, 0.25) is 5.02 Å². The van der Waals surface area contributed by atoms with Crippen molar-refractivity contribution in [1.29, 1.82) is 0 Å². The molecule has 0 spiro atoms. The van der Waals surface area contributed by atoms with Crippen LogP contribution in [0.5, 0.6) is 0 Å². The SMILES string of the molecule is Cc1onc(-c2c(F)cccc2Cl)c1C(=O)Cl.Nc1ccccc1. The summed E-state index contributed by atoms with van der Waals surface area (Å²) in [6.07, 6.45) is 0. The van der Waals surface area contributed by atoms with Crippen LogP contribution in [0.3, 0.4) is 0 Å². The van der Waals surface area contributed by atoms with Gasteiger partial charge in [-0.15, -0.1) is 0 Å². The summed E-state index contributed by atoms with van der Waals surface area (Å²) in [5, 5.41) is 3.00. The second-order valence-corrected chi connectivity index (χ2v) is 5.49. The third-order valence-corrected chi connectivity index (χ3v) is 3.56. The molecule has 1 aromatic heterocycles. The summed E-state index contributed by atoms with van der Waals surface area (Å²) >= 11 is 11.3. The fourth-order valence-corrected chi connectivity index (χ4v) is 2.43. The first-order chi connectivity index (χ1) is 11.4. The Morgan fingerprint density at radius 3 is 2.33 bits per heavy atom. The lowest BCUT2D eigenvalue weighted by atomic mass is 10.1. The lowest BCUT2D eigenvalue weighted by Gasteiger charge is -2.02. The Kier molecular flexibility index (Phi) is 5.95. The highest BCUT2D eigenvalue weighted by Gasteiger charge is 2.23. The number of rotatable bonds is 2. The number of aromatic nitrogens is 1. The highest BCUT2D eigenvalue weighted by atomic mass is 35.5. The Morgan fingerprint density at radius 2 is 1.83 bits per heavy atom. The van der Waals surface area contributed by atoms with Crippen molar-refractivity contribution in [3.63, 3.8) is 0 Å². The lowest BCUT2D eigenvalue weighted by Crippen LogP contribution is -1.95. The number of para-hydroxylation sites is 1. The molecule has 0 aliphatic heterocycles. The Morgan fingerprint density at radius 1 is 1.17 bits per heavy atom. The monoisotopic (exact) mass is 366 g/mol. The van der Waals surface area contributed by atoms with Crippen molar-refractivity contribution in [3.05, 3.63) is 70.7 Å². The summed E-state index contributed by atoms with van der Waals surface area (Å²) in [6.45, 7) is 1.51. The molecule has 0 saturated carbocycles. The Hall–Kier alpha value is -2.37. The number of hydrogen-bond donors (Lipinski definition) is 1. The molecule has 0 aliphatic rings. The van der Waals surface area contributed by atoms with Gasteiger partial charge < -0.3 is 10.3 Å². The van der Waals surface area contributed by atoms with Crippen LogP contribution in [0, 0.1) is 12.7 Å². The molecule has 0 amide bonds. The molecular weight excluding hydrogens is 354 g/mol. The number of nitrogens with zero attached hydrogens (tertiary/aromatic N) is 1. The van der Waals surface area contributed by atoms with E-state index in [0.717, 1.165) is 5.69 Å². The molecule has 3 rings (SSSR count). The largest absolute Gasteiger partial charge is 0.399 e. The molecule has 0 radical (unpaired) electrons. The van der Waals surface area contributed by atoms with Crippen LogP contribution in [0.1, 0.15) is 16.1 Å². The van der Waals surface area contributed by atoms with Gasteiger partial charge in [-0.25, -0.2) is 4.39 Å². The average molecular weight is 367 g/mol. The molecule has 0 unspecified atom stereocenters. The molecule has 7 heteroatoms. The second-order valence-electron chi connectivity index (χ2n) is 4.74. The Bertz CT molecular complexity index is 831. The zero-order valence-corrected chi connectivity index (χ0v) is 14.1. The second kappa shape index (κ2) is 7.95. The normalized spacial score (nSPS) is 10.0. The number of nitrogen functional groups attached to an aromatic ring is 1. The first-order valence-electron chi connectivity index (χ1n) is 6.82. The predicted molar refractivity (Wildman–Crippen MR) is 92.7 cm³/mol. The fraction of sp³-hybridized carbons (Fsp3) is 0.0588. The van der Waals surface area contributed by atoms with Crippen molar-refractivity contribution in [2.24, 2.45) is 0 Å². The average Bonchev–Trinajstić information content (AvgIpc) is 2.90. The maximum absolute atomic E-state index is 13.7. The van der Waals surface area contributed by atoms with Crippen molar-refractivity contribution in [2.75, 3.05) is 5.73 Å². The van der Waals surface area contributed by atoms with Gasteiger partial charge in [0.25, 0.3) is 5.24 Å². The van der Waals surface area contributed by atoms with Gasteiger partial charge in [-0.1, -0.05) is 41.0 Å². The van der Waals surface area contributed by atoms with Gasteiger partial charge >= 0.3 is 0 Å². The summed E-state index contributed by atoms with van der Waals surface area (Å²) < 4.78 is 18.5. The van der Waals surface area contributed by atoms with E-state index >= 15 is 0 Å². The number of nitrogens with two attached hydrogens (primary N) is 1. The van der Waals surface area contributed by atoms with Crippen molar-refractivity contribution in [1.82, 2.24) is 5.16 Å². The lowest BCUT2D eigenvalue weighted by molar-refractivity contribution is 0.108. The number of carbonyl (C=O) groups is 1. The summed E-state index contributed by atoms with van der Waals surface area (Å²) in [7, 11) is 0. The summed E-state index contributed by atoms with van der Waals surface area (Å²) in [4.78, 5) is 11.2. The van der Waals surface area contributed by atoms with E-state index in [-0.39, 0.29) is 27.6 Å². The van der Waals surface area contributed by atoms with Crippen LogP contribution in [0.25, 0.3) is 11.3 Å². The minimum Gasteiger partial charge on any atom is -0.399 e. The first-order valence-corrected chi connectivity index (χ1v) is 7.58. The number of benzene rings is 2. The smallest absolute Gasteiger partial charge is 0.258 e. The molecule has 24 heavy (non-hydrogen) atoms. The third kappa shape index (κ3) is 4.13. The van der Waals surface area contributed by atoms with Gasteiger partial charge in [-0.05, 0) is 42.8 Å². The van der Waals surface area contributed by atoms with E-state index in [9.17, 15) is 9.18 Å². The van der Waals surface area contributed by atoms with Crippen LogP contribution in [0.15, 0.2) is 53.1 Å². The third-order valence-electron chi connectivity index (χ3n) is 3.06. The van der Waals surface area contributed by atoms with Gasteiger partial charge in [-0.2, -0.15) is 0 Å². The van der Waals surface area contributed by atoms with E-state index in [0.29, 0.717) is 0 Å². The summed E-state index contributed by atoms with van der Waals surface area (Å²) in [5.41, 5.74) is 6.23. The Balaban J connectivity index is 0.000000249. The first kappa shape index (κ1) is 18.0. The van der Waals surface area contributed by atoms with E-state index in [1.807, 2.05) is 30.3 Å². The molecular formula is C17H13Cl2FN2O2. The Labute approximate surface area is 148 Å². The number of halogens is 3. The van der Waals surface area contributed by atoms with E-state index < -0.39 is 11.1 Å². The topological polar surface area (TPSA) is 69.1 Å². The van der Waals surface area contributed by atoms with Gasteiger partial charge in [-0.3, -0.25) is 4.79 Å². The van der Waals surface area contributed by atoms with E-state index in [1.54, 1.807) is 0 Å². The number of anilines is 1.